The fourth-order valence-electron chi connectivity index (χ4n) is 2.37. The Labute approximate surface area is 102 Å². The Morgan fingerprint density at radius 3 is 3.06 bits per heavy atom. The predicted octanol–water partition coefficient (Wildman–Crippen LogP) is 1.41. The number of nitrogens with two attached hydrogens (primary N) is 1. The maximum absolute atomic E-state index is 5.80. The Kier molecular flexibility index (Phi) is 4.14. The lowest BCUT2D eigenvalue weighted by molar-refractivity contribution is 0.331. The highest BCUT2D eigenvalue weighted by atomic mass is 16.5. The van der Waals surface area contributed by atoms with Gasteiger partial charge in [0.2, 0.25) is 11.8 Å². The lowest BCUT2D eigenvalue weighted by Crippen LogP contribution is -2.37. The number of hydrogen-bond donors (Lipinski definition) is 2. The summed E-state index contributed by atoms with van der Waals surface area (Å²) in [7, 11) is 1.61. The molecule has 0 aromatic carbocycles. The standard InChI is InChI=1S/C12H20N4O/c1-17-11-6-7-14-12(16-11)15-10-5-3-2-4-9(10)8-13/h6-7,9-10H,2-5,8,13H2,1H3,(H,14,15,16). The molecule has 1 aliphatic rings. The first-order valence-electron chi connectivity index (χ1n) is 6.17. The van der Waals surface area contributed by atoms with Crippen molar-refractivity contribution in [3.8, 4) is 5.88 Å². The van der Waals surface area contributed by atoms with Gasteiger partial charge in [-0.05, 0) is 25.3 Å². The molecule has 1 aromatic rings. The topological polar surface area (TPSA) is 73.1 Å². The molecule has 1 fully saturated rings. The van der Waals surface area contributed by atoms with E-state index in [0.29, 0.717) is 23.8 Å². The third-order valence-corrected chi connectivity index (χ3v) is 3.37. The molecule has 3 N–H and O–H groups in total. The number of nitrogens with zero attached hydrogens (tertiary/aromatic N) is 2. The molecular weight excluding hydrogens is 216 g/mol. The van der Waals surface area contributed by atoms with Crippen molar-refractivity contribution < 1.29 is 4.74 Å². The van der Waals surface area contributed by atoms with E-state index >= 15 is 0 Å². The second kappa shape index (κ2) is 5.82. The zero-order valence-corrected chi connectivity index (χ0v) is 10.2. The van der Waals surface area contributed by atoms with Crippen molar-refractivity contribution >= 4 is 5.95 Å². The van der Waals surface area contributed by atoms with Crippen LogP contribution in [0.15, 0.2) is 12.3 Å². The number of anilines is 1. The molecule has 0 radical (unpaired) electrons. The Morgan fingerprint density at radius 2 is 2.29 bits per heavy atom. The van der Waals surface area contributed by atoms with Gasteiger partial charge in [-0.2, -0.15) is 4.98 Å². The maximum atomic E-state index is 5.80. The van der Waals surface area contributed by atoms with Gasteiger partial charge in [0.05, 0.1) is 7.11 Å². The van der Waals surface area contributed by atoms with Crippen molar-refractivity contribution in [1.82, 2.24) is 9.97 Å². The lowest BCUT2D eigenvalue weighted by Gasteiger charge is -2.31. The van der Waals surface area contributed by atoms with Crippen LogP contribution in [0.25, 0.3) is 0 Å². The molecule has 5 nitrogen and oxygen atoms in total. The van der Waals surface area contributed by atoms with Crippen LogP contribution in [0.3, 0.4) is 0 Å². The van der Waals surface area contributed by atoms with Crippen LogP contribution in [-0.2, 0) is 0 Å². The summed E-state index contributed by atoms with van der Waals surface area (Å²) in [5, 5.41) is 3.37. The highest BCUT2D eigenvalue weighted by Crippen LogP contribution is 2.25. The van der Waals surface area contributed by atoms with Crippen LogP contribution in [0.4, 0.5) is 5.95 Å². The minimum atomic E-state index is 0.390. The molecule has 2 atom stereocenters. The highest BCUT2D eigenvalue weighted by Gasteiger charge is 2.24. The molecule has 1 aromatic heterocycles. The van der Waals surface area contributed by atoms with E-state index in [1.807, 2.05) is 0 Å². The largest absolute Gasteiger partial charge is 0.481 e. The monoisotopic (exact) mass is 236 g/mol. The zero-order chi connectivity index (χ0) is 12.1. The first-order chi connectivity index (χ1) is 8.33. The molecule has 0 bridgehead atoms. The van der Waals surface area contributed by atoms with Crippen LogP contribution >= 0.6 is 0 Å². The highest BCUT2D eigenvalue weighted by molar-refractivity contribution is 5.29. The summed E-state index contributed by atoms with van der Waals surface area (Å²) in [5.41, 5.74) is 5.80. The summed E-state index contributed by atoms with van der Waals surface area (Å²) in [6, 6.07) is 2.13. The number of hydrogen-bond acceptors (Lipinski definition) is 5. The smallest absolute Gasteiger partial charge is 0.226 e. The van der Waals surface area contributed by atoms with E-state index < -0.39 is 0 Å². The summed E-state index contributed by atoms with van der Waals surface area (Å²) < 4.78 is 5.08. The molecule has 1 heterocycles. The number of aromatic nitrogens is 2. The van der Waals surface area contributed by atoms with E-state index in [1.165, 1.54) is 19.3 Å². The minimum absolute atomic E-state index is 0.390. The lowest BCUT2D eigenvalue weighted by atomic mass is 9.84. The van der Waals surface area contributed by atoms with Gasteiger partial charge in [0.1, 0.15) is 0 Å². The molecule has 1 aliphatic carbocycles. The zero-order valence-electron chi connectivity index (χ0n) is 10.2. The molecule has 0 aliphatic heterocycles. The van der Waals surface area contributed by atoms with Gasteiger partial charge < -0.3 is 15.8 Å². The van der Waals surface area contributed by atoms with Gasteiger partial charge in [0, 0.05) is 18.3 Å². The van der Waals surface area contributed by atoms with Gasteiger partial charge in [-0.1, -0.05) is 12.8 Å². The third-order valence-electron chi connectivity index (χ3n) is 3.37. The van der Waals surface area contributed by atoms with Crippen LogP contribution < -0.4 is 15.8 Å². The van der Waals surface area contributed by atoms with E-state index in [-0.39, 0.29) is 0 Å². The van der Waals surface area contributed by atoms with Crippen molar-refractivity contribution in [3.05, 3.63) is 12.3 Å². The molecule has 0 amide bonds. The van der Waals surface area contributed by atoms with Crippen LogP contribution in [0.1, 0.15) is 25.7 Å². The number of nitrogens with one attached hydrogen (secondary N) is 1. The SMILES string of the molecule is COc1ccnc(NC2CCCCC2CN)n1. The van der Waals surface area contributed by atoms with E-state index in [0.717, 1.165) is 13.0 Å². The fourth-order valence-corrected chi connectivity index (χ4v) is 2.37. The van der Waals surface area contributed by atoms with Crippen LogP contribution in [0.2, 0.25) is 0 Å². The van der Waals surface area contributed by atoms with Gasteiger partial charge in [0.25, 0.3) is 0 Å². The van der Waals surface area contributed by atoms with Gasteiger partial charge >= 0.3 is 0 Å². The average Bonchev–Trinajstić information content (AvgIpc) is 2.39. The van der Waals surface area contributed by atoms with E-state index in [2.05, 4.69) is 15.3 Å². The molecule has 0 spiro atoms. The number of rotatable bonds is 4. The Morgan fingerprint density at radius 1 is 1.47 bits per heavy atom. The Bertz CT molecular complexity index is 358. The molecule has 17 heavy (non-hydrogen) atoms. The van der Waals surface area contributed by atoms with Crippen molar-refractivity contribution in [1.29, 1.82) is 0 Å². The molecule has 2 rings (SSSR count). The van der Waals surface area contributed by atoms with Gasteiger partial charge in [-0.3, -0.25) is 0 Å². The van der Waals surface area contributed by atoms with Crippen LogP contribution in [-0.4, -0.2) is 29.7 Å². The number of ether oxygens (including phenoxy) is 1. The fraction of sp³-hybridized carbons (Fsp3) is 0.667. The first-order valence-corrected chi connectivity index (χ1v) is 6.17. The quantitative estimate of drug-likeness (QED) is 0.827. The molecule has 1 saturated carbocycles. The summed E-state index contributed by atoms with van der Waals surface area (Å²) in [6.45, 7) is 0.724. The first kappa shape index (κ1) is 12.1. The maximum Gasteiger partial charge on any atom is 0.226 e. The number of methoxy groups -OCH3 is 1. The second-order valence-electron chi connectivity index (χ2n) is 4.45. The van der Waals surface area contributed by atoms with Crippen LogP contribution in [0.5, 0.6) is 5.88 Å². The van der Waals surface area contributed by atoms with Crippen molar-refractivity contribution in [2.24, 2.45) is 11.7 Å². The summed E-state index contributed by atoms with van der Waals surface area (Å²) in [5.74, 6) is 1.75. The normalized spacial score (nSPS) is 24.4. The third kappa shape index (κ3) is 3.06. The van der Waals surface area contributed by atoms with E-state index in [4.69, 9.17) is 10.5 Å². The average molecular weight is 236 g/mol. The Balaban J connectivity index is 2.02. The van der Waals surface area contributed by atoms with E-state index in [9.17, 15) is 0 Å². The molecule has 94 valence electrons. The molecule has 5 heteroatoms. The summed E-state index contributed by atoms with van der Waals surface area (Å²) in [4.78, 5) is 8.48. The van der Waals surface area contributed by atoms with Crippen LogP contribution in [0, 0.1) is 5.92 Å². The van der Waals surface area contributed by atoms with E-state index in [1.54, 1.807) is 19.4 Å². The van der Waals surface area contributed by atoms with Crippen molar-refractivity contribution in [3.63, 3.8) is 0 Å². The Hall–Kier alpha value is -1.36. The molecular formula is C12H20N4O. The van der Waals surface area contributed by atoms with Gasteiger partial charge in [-0.25, -0.2) is 4.98 Å². The summed E-state index contributed by atoms with van der Waals surface area (Å²) in [6.07, 6.45) is 6.56. The van der Waals surface area contributed by atoms with Crippen molar-refractivity contribution in [2.45, 2.75) is 31.7 Å². The summed E-state index contributed by atoms with van der Waals surface area (Å²) >= 11 is 0. The predicted molar refractivity (Wildman–Crippen MR) is 67.0 cm³/mol. The molecule has 0 saturated heterocycles. The van der Waals surface area contributed by atoms with Gasteiger partial charge in [-0.15, -0.1) is 0 Å². The van der Waals surface area contributed by atoms with Crippen molar-refractivity contribution in [2.75, 3.05) is 19.0 Å². The van der Waals surface area contributed by atoms with Gasteiger partial charge in [0.15, 0.2) is 0 Å². The minimum Gasteiger partial charge on any atom is -0.481 e. The molecule has 2 unspecified atom stereocenters. The second-order valence-corrected chi connectivity index (χ2v) is 4.45.